The molecular formula is C13H11ClN2O2S. The summed E-state index contributed by atoms with van der Waals surface area (Å²) >= 11 is 5.70. The molecule has 0 aliphatic heterocycles. The van der Waals surface area contributed by atoms with Crippen LogP contribution in [0.15, 0.2) is 64.6 Å². The fourth-order valence-corrected chi connectivity index (χ4v) is 2.29. The third-order valence-electron chi connectivity index (χ3n) is 2.31. The van der Waals surface area contributed by atoms with E-state index in [4.69, 9.17) is 11.6 Å². The molecular weight excluding hydrogens is 284 g/mol. The topological polar surface area (TPSA) is 58.5 Å². The van der Waals surface area contributed by atoms with Crippen LogP contribution in [0.4, 0.5) is 0 Å². The van der Waals surface area contributed by atoms with Gasteiger partial charge in [-0.2, -0.15) is 13.5 Å². The van der Waals surface area contributed by atoms with E-state index in [9.17, 15) is 8.42 Å². The Bertz CT molecular complexity index is 668. The number of hydrogen-bond acceptors (Lipinski definition) is 3. The van der Waals surface area contributed by atoms with E-state index in [0.717, 1.165) is 5.56 Å². The van der Waals surface area contributed by atoms with Gasteiger partial charge in [-0.3, -0.25) is 0 Å². The van der Waals surface area contributed by atoms with Crippen LogP contribution < -0.4 is 4.83 Å². The Morgan fingerprint density at radius 2 is 1.63 bits per heavy atom. The van der Waals surface area contributed by atoms with E-state index in [1.54, 1.807) is 0 Å². The molecule has 0 bridgehead atoms. The SMILES string of the molecule is O=S(=O)(N/N=C/c1ccccc1)c1ccc(Cl)cc1. The lowest BCUT2D eigenvalue weighted by molar-refractivity contribution is 0.584. The monoisotopic (exact) mass is 294 g/mol. The number of rotatable bonds is 4. The summed E-state index contributed by atoms with van der Waals surface area (Å²) in [6, 6.07) is 15.1. The highest BCUT2D eigenvalue weighted by Gasteiger charge is 2.11. The molecule has 0 aliphatic rings. The molecule has 0 aromatic heterocycles. The van der Waals surface area contributed by atoms with Gasteiger partial charge in [-0.25, -0.2) is 4.83 Å². The van der Waals surface area contributed by atoms with Gasteiger partial charge in [0.2, 0.25) is 0 Å². The van der Waals surface area contributed by atoms with Gasteiger partial charge in [-0.15, -0.1) is 0 Å². The quantitative estimate of drug-likeness (QED) is 0.696. The van der Waals surface area contributed by atoms with Crippen LogP contribution in [-0.4, -0.2) is 14.6 Å². The van der Waals surface area contributed by atoms with Crippen LogP contribution in [0.5, 0.6) is 0 Å². The fourth-order valence-electron chi connectivity index (χ4n) is 1.38. The molecule has 0 amide bonds. The Morgan fingerprint density at radius 3 is 2.26 bits per heavy atom. The van der Waals surface area contributed by atoms with Gasteiger partial charge in [0, 0.05) is 5.02 Å². The lowest BCUT2D eigenvalue weighted by atomic mass is 10.2. The van der Waals surface area contributed by atoms with E-state index in [0.29, 0.717) is 5.02 Å². The Balaban J connectivity index is 2.10. The molecule has 0 saturated heterocycles. The van der Waals surface area contributed by atoms with Gasteiger partial charge in [0.15, 0.2) is 0 Å². The summed E-state index contributed by atoms with van der Waals surface area (Å²) in [5, 5.41) is 4.19. The molecule has 0 aliphatic carbocycles. The maximum Gasteiger partial charge on any atom is 0.276 e. The molecule has 2 aromatic rings. The smallest absolute Gasteiger partial charge is 0.200 e. The summed E-state index contributed by atoms with van der Waals surface area (Å²) < 4.78 is 23.7. The molecule has 0 saturated carbocycles. The highest BCUT2D eigenvalue weighted by Crippen LogP contribution is 2.13. The number of hydrazone groups is 1. The summed E-state index contributed by atoms with van der Waals surface area (Å²) in [6.45, 7) is 0. The van der Waals surface area contributed by atoms with Crippen molar-refractivity contribution in [1.29, 1.82) is 0 Å². The zero-order valence-electron chi connectivity index (χ0n) is 9.82. The number of nitrogens with zero attached hydrogens (tertiary/aromatic N) is 1. The molecule has 98 valence electrons. The third-order valence-corrected chi connectivity index (χ3v) is 3.80. The van der Waals surface area contributed by atoms with Crippen molar-refractivity contribution in [3.8, 4) is 0 Å². The van der Waals surface area contributed by atoms with Crippen LogP contribution in [0.25, 0.3) is 0 Å². The summed E-state index contributed by atoms with van der Waals surface area (Å²) in [7, 11) is -3.65. The number of benzene rings is 2. The highest BCUT2D eigenvalue weighted by atomic mass is 35.5. The summed E-state index contributed by atoms with van der Waals surface area (Å²) in [5.41, 5.74) is 0.807. The van der Waals surface area contributed by atoms with Gasteiger partial charge in [0.25, 0.3) is 10.0 Å². The third kappa shape index (κ3) is 3.81. The molecule has 1 N–H and O–H groups in total. The summed E-state index contributed by atoms with van der Waals surface area (Å²) in [4.78, 5) is 2.25. The first-order chi connectivity index (χ1) is 9.08. The second-order valence-electron chi connectivity index (χ2n) is 3.72. The van der Waals surface area contributed by atoms with Crippen molar-refractivity contribution >= 4 is 27.8 Å². The van der Waals surface area contributed by atoms with E-state index in [1.165, 1.54) is 30.5 Å². The van der Waals surface area contributed by atoms with Crippen molar-refractivity contribution < 1.29 is 8.42 Å². The minimum atomic E-state index is -3.65. The van der Waals surface area contributed by atoms with Crippen LogP contribution in [0, 0.1) is 0 Å². The molecule has 19 heavy (non-hydrogen) atoms. The van der Waals surface area contributed by atoms with E-state index < -0.39 is 10.0 Å². The minimum absolute atomic E-state index is 0.113. The average molecular weight is 295 g/mol. The second kappa shape index (κ2) is 5.86. The molecule has 0 spiro atoms. The lowest BCUT2D eigenvalue weighted by Gasteiger charge is -2.02. The minimum Gasteiger partial charge on any atom is -0.200 e. The first kappa shape index (κ1) is 13.6. The van der Waals surface area contributed by atoms with E-state index in [2.05, 4.69) is 9.93 Å². The van der Waals surface area contributed by atoms with E-state index in [-0.39, 0.29) is 4.90 Å². The predicted molar refractivity (Wildman–Crippen MR) is 75.8 cm³/mol. The number of hydrogen-bond donors (Lipinski definition) is 1. The zero-order valence-corrected chi connectivity index (χ0v) is 11.4. The summed E-state index contributed by atoms with van der Waals surface area (Å²) in [6.07, 6.45) is 1.44. The number of sulfonamides is 1. The van der Waals surface area contributed by atoms with E-state index in [1.807, 2.05) is 30.3 Å². The lowest BCUT2D eigenvalue weighted by Crippen LogP contribution is -2.18. The van der Waals surface area contributed by atoms with Crippen molar-refractivity contribution in [1.82, 2.24) is 4.83 Å². The van der Waals surface area contributed by atoms with Crippen molar-refractivity contribution in [2.75, 3.05) is 0 Å². The predicted octanol–water partition coefficient (Wildman–Crippen LogP) is 2.65. The molecule has 0 atom stereocenters. The van der Waals surface area contributed by atoms with Crippen LogP contribution in [0.2, 0.25) is 5.02 Å². The Kier molecular flexibility index (Phi) is 4.19. The van der Waals surface area contributed by atoms with Gasteiger partial charge in [-0.05, 0) is 29.8 Å². The zero-order chi connectivity index (χ0) is 13.7. The molecule has 0 fully saturated rings. The molecule has 4 nitrogen and oxygen atoms in total. The first-order valence-electron chi connectivity index (χ1n) is 5.43. The van der Waals surface area contributed by atoms with E-state index >= 15 is 0 Å². The van der Waals surface area contributed by atoms with Crippen LogP contribution >= 0.6 is 11.6 Å². The standard InChI is InChI=1S/C13H11ClN2O2S/c14-12-6-8-13(9-7-12)19(17,18)16-15-10-11-4-2-1-3-5-11/h1-10,16H/b15-10+. The molecule has 6 heteroatoms. The van der Waals surface area contributed by atoms with Crippen LogP contribution in [0.3, 0.4) is 0 Å². The second-order valence-corrected chi connectivity index (χ2v) is 5.81. The van der Waals surface area contributed by atoms with Crippen molar-refractivity contribution in [3.63, 3.8) is 0 Å². The largest absolute Gasteiger partial charge is 0.276 e. The van der Waals surface area contributed by atoms with Gasteiger partial charge in [0.05, 0.1) is 11.1 Å². The summed E-state index contributed by atoms with van der Waals surface area (Å²) in [5.74, 6) is 0. The molecule has 2 aromatic carbocycles. The maximum absolute atomic E-state index is 11.9. The van der Waals surface area contributed by atoms with Crippen molar-refractivity contribution in [3.05, 3.63) is 65.2 Å². The molecule has 0 unspecified atom stereocenters. The Labute approximate surface area is 116 Å². The van der Waals surface area contributed by atoms with Crippen molar-refractivity contribution in [2.45, 2.75) is 4.90 Å². The average Bonchev–Trinajstić information content (AvgIpc) is 2.40. The van der Waals surface area contributed by atoms with Gasteiger partial charge in [-0.1, -0.05) is 41.9 Å². The number of nitrogens with one attached hydrogen (secondary N) is 1. The maximum atomic E-state index is 11.9. The Morgan fingerprint density at radius 1 is 1.00 bits per heavy atom. The van der Waals surface area contributed by atoms with Crippen molar-refractivity contribution in [2.24, 2.45) is 5.10 Å². The fraction of sp³-hybridized carbons (Fsp3) is 0. The Hall–Kier alpha value is -1.85. The molecule has 0 heterocycles. The normalized spacial score (nSPS) is 11.6. The molecule has 2 rings (SSSR count). The first-order valence-corrected chi connectivity index (χ1v) is 7.29. The molecule has 0 radical (unpaired) electrons. The van der Waals surface area contributed by atoms with Gasteiger partial charge >= 0.3 is 0 Å². The van der Waals surface area contributed by atoms with Crippen LogP contribution in [-0.2, 0) is 10.0 Å². The highest BCUT2D eigenvalue weighted by molar-refractivity contribution is 7.89. The van der Waals surface area contributed by atoms with Gasteiger partial charge in [0.1, 0.15) is 0 Å². The van der Waals surface area contributed by atoms with Gasteiger partial charge < -0.3 is 0 Å². The van der Waals surface area contributed by atoms with Crippen LogP contribution in [0.1, 0.15) is 5.56 Å². The number of halogens is 1.